The summed E-state index contributed by atoms with van der Waals surface area (Å²) < 4.78 is 59.5. The zero-order valence-electron chi connectivity index (χ0n) is 10.3. The molecule has 0 saturated carbocycles. The summed E-state index contributed by atoms with van der Waals surface area (Å²) in [5, 5.41) is 0. The summed E-state index contributed by atoms with van der Waals surface area (Å²) in [7, 11) is -10.9. The number of hydrogen-bond donors (Lipinski definition) is 0. The Kier molecular flexibility index (Phi) is 9.13. The first-order valence-electron chi connectivity index (χ1n) is 5.37. The van der Waals surface area contributed by atoms with Gasteiger partial charge in [-0.25, -0.2) is 0 Å². The number of rotatable bonds is 10. The monoisotopic (exact) mass is 350 g/mol. The molecule has 18 heavy (non-hydrogen) atoms. The Morgan fingerprint density at radius 3 is 2.17 bits per heavy atom. The third-order valence-electron chi connectivity index (χ3n) is 2.43. The van der Waals surface area contributed by atoms with Gasteiger partial charge in [-0.2, -0.15) is 0 Å². The molecule has 0 heterocycles. The molecule has 12 heteroatoms. The molecule has 0 aromatic heterocycles. The van der Waals surface area contributed by atoms with Crippen LogP contribution in [-0.2, 0) is 26.7 Å². The lowest BCUT2D eigenvalue weighted by molar-refractivity contribution is 0.293. The van der Waals surface area contributed by atoms with Gasteiger partial charge in [-0.1, -0.05) is 25.6 Å². The molecule has 0 unspecified atom stereocenters. The molecule has 0 aliphatic rings. The van der Waals surface area contributed by atoms with Crippen LogP contribution < -0.4 is 0 Å². The Balaban J connectivity index is 4.01. The van der Waals surface area contributed by atoms with E-state index in [1.54, 1.807) is 0 Å². The topological polar surface area (TPSA) is 94.6 Å². The average Bonchev–Trinajstić information content (AvgIpc) is 2.35. The Morgan fingerprint density at radius 2 is 1.67 bits per heavy atom. The Hall–Kier alpha value is 0.101. The number of hydrogen-bond acceptors (Lipinski definition) is 6. The van der Waals surface area contributed by atoms with Crippen molar-refractivity contribution >= 4 is 49.3 Å². The van der Waals surface area contributed by atoms with Gasteiger partial charge in [0.2, 0.25) is 0 Å². The van der Waals surface area contributed by atoms with Gasteiger partial charge in [0.1, 0.15) is 7.59 Å². The maximum absolute atomic E-state index is 11.9. The first kappa shape index (κ1) is 18.1. The highest BCUT2D eigenvalue weighted by Crippen LogP contribution is 2.13. The standard InChI is InChI=1S/C6H14O6Si6/c1-18(2,17(11)16(10)14-8)6-4-3-5-12-15(9)13-7/h3-6H2,1-2H3. The fourth-order valence-electron chi connectivity index (χ4n) is 1.33. The van der Waals surface area contributed by atoms with Crippen LogP contribution in [0.1, 0.15) is 12.8 Å². The largest absolute Gasteiger partial charge is 0.546 e. The highest BCUT2D eigenvalue weighted by molar-refractivity contribution is 7.56. The van der Waals surface area contributed by atoms with Gasteiger partial charge in [0, 0.05) is 0 Å². The highest BCUT2D eigenvalue weighted by Gasteiger charge is 2.38. The molecule has 0 aliphatic carbocycles. The summed E-state index contributed by atoms with van der Waals surface area (Å²) in [5.74, 6) is 0. The van der Waals surface area contributed by atoms with Gasteiger partial charge in [0.05, 0.1) is 6.61 Å². The highest BCUT2D eigenvalue weighted by atomic mass is 29.8. The quantitative estimate of drug-likeness (QED) is 0.389. The van der Waals surface area contributed by atoms with Crippen LogP contribution in [-0.4, -0.2) is 55.9 Å². The molecule has 0 spiro atoms. The molecule has 0 rings (SSSR count). The van der Waals surface area contributed by atoms with Gasteiger partial charge >= 0.3 is 41.7 Å². The van der Waals surface area contributed by atoms with E-state index in [0.717, 1.165) is 12.5 Å². The SMILES string of the molecule is C[Si](C)(CCCCO[Si](=O)[Si]=O)[Si](=O)[Si](=O)[Si]=O. The minimum atomic E-state index is -2.41. The molecule has 0 bridgehead atoms. The molecular weight excluding hydrogens is 337 g/mol. The van der Waals surface area contributed by atoms with Gasteiger partial charge in [0.15, 0.2) is 0 Å². The Morgan fingerprint density at radius 1 is 1.06 bits per heavy atom. The minimum absolute atomic E-state index is 0.275. The van der Waals surface area contributed by atoms with Crippen molar-refractivity contribution < 1.29 is 26.7 Å². The minimum Gasteiger partial charge on any atom is -0.523 e. The van der Waals surface area contributed by atoms with Crippen LogP contribution in [0, 0.1) is 0 Å². The summed E-state index contributed by atoms with van der Waals surface area (Å²) in [6, 6.07) is 0.718. The molecule has 2 radical (unpaired) electrons. The lowest BCUT2D eigenvalue weighted by Crippen LogP contribution is -2.47. The van der Waals surface area contributed by atoms with E-state index >= 15 is 0 Å². The lowest BCUT2D eigenvalue weighted by atomic mass is 10.4. The van der Waals surface area contributed by atoms with E-state index < -0.39 is 49.3 Å². The molecule has 0 fully saturated rings. The molecular formula is C6H14O6Si6. The van der Waals surface area contributed by atoms with Crippen LogP contribution in [0.3, 0.4) is 0 Å². The van der Waals surface area contributed by atoms with Crippen LogP contribution in [0.5, 0.6) is 0 Å². The first-order valence-corrected chi connectivity index (χ1v) is 18.5. The molecule has 0 saturated heterocycles. The molecule has 0 aromatic carbocycles. The van der Waals surface area contributed by atoms with Gasteiger partial charge in [0.25, 0.3) is 0 Å². The fraction of sp³-hybridized carbons (Fsp3) is 1.00. The third kappa shape index (κ3) is 6.88. The van der Waals surface area contributed by atoms with Crippen molar-refractivity contribution in [1.82, 2.24) is 0 Å². The molecule has 0 atom stereocenters. The Bertz CT molecular complexity index is 368. The van der Waals surface area contributed by atoms with Crippen molar-refractivity contribution in [3.63, 3.8) is 0 Å². The van der Waals surface area contributed by atoms with E-state index in [4.69, 9.17) is 4.43 Å². The van der Waals surface area contributed by atoms with Crippen molar-refractivity contribution in [2.24, 2.45) is 0 Å². The van der Waals surface area contributed by atoms with Gasteiger partial charge in [-0.3, -0.25) is 0 Å². The predicted octanol–water partition coefficient (Wildman–Crippen LogP) is -0.496. The van der Waals surface area contributed by atoms with Crippen molar-refractivity contribution in [1.29, 1.82) is 0 Å². The second kappa shape index (κ2) is 9.08. The van der Waals surface area contributed by atoms with E-state index in [9.17, 15) is 22.3 Å². The van der Waals surface area contributed by atoms with Gasteiger partial charge in [-0.05, 0) is 6.42 Å². The molecule has 0 N–H and O–H groups in total. The summed E-state index contributed by atoms with van der Waals surface area (Å²) in [6.07, 6.45) is 1.39. The van der Waals surface area contributed by atoms with E-state index in [2.05, 4.69) is 0 Å². The predicted molar refractivity (Wildman–Crippen MR) is 69.7 cm³/mol. The third-order valence-corrected chi connectivity index (χ3v) is 27.0. The van der Waals surface area contributed by atoms with Gasteiger partial charge in [-0.15, -0.1) is 0 Å². The van der Waals surface area contributed by atoms with Crippen LogP contribution in [0.25, 0.3) is 0 Å². The molecule has 0 aliphatic heterocycles. The first-order chi connectivity index (χ1) is 8.35. The maximum Gasteiger partial charge on any atom is 0.546 e. The Labute approximate surface area is 115 Å². The lowest BCUT2D eigenvalue weighted by Gasteiger charge is -2.16. The van der Waals surface area contributed by atoms with Crippen LogP contribution in [0.15, 0.2) is 0 Å². The van der Waals surface area contributed by atoms with E-state index in [-0.39, 0.29) is 6.61 Å². The van der Waals surface area contributed by atoms with Crippen LogP contribution in [0.4, 0.5) is 0 Å². The van der Waals surface area contributed by atoms with E-state index in [1.807, 2.05) is 13.1 Å². The van der Waals surface area contributed by atoms with E-state index in [1.165, 1.54) is 0 Å². The van der Waals surface area contributed by atoms with E-state index in [0.29, 0.717) is 6.42 Å². The summed E-state index contributed by atoms with van der Waals surface area (Å²) in [6.45, 7) is 4.05. The van der Waals surface area contributed by atoms with Crippen LogP contribution in [0.2, 0.25) is 19.1 Å². The molecule has 6 nitrogen and oxygen atoms in total. The second-order valence-electron chi connectivity index (χ2n) is 4.34. The summed E-state index contributed by atoms with van der Waals surface area (Å²) in [5.41, 5.74) is 0. The molecule has 0 amide bonds. The zero-order valence-corrected chi connectivity index (χ0v) is 16.3. The molecule has 98 valence electrons. The zero-order chi connectivity index (χ0) is 14.2. The van der Waals surface area contributed by atoms with Crippen LogP contribution >= 0.6 is 0 Å². The summed E-state index contributed by atoms with van der Waals surface area (Å²) in [4.78, 5) is 0. The summed E-state index contributed by atoms with van der Waals surface area (Å²) >= 11 is 0. The second-order valence-corrected chi connectivity index (χ2v) is 26.2. The normalized spacial score (nSPS) is 10.6. The van der Waals surface area contributed by atoms with Crippen molar-refractivity contribution in [2.45, 2.75) is 32.0 Å². The van der Waals surface area contributed by atoms with Crippen molar-refractivity contribution in [2.75, 3.05) is 6.61 Å². The van der Waals surface area contributed by atoms with Crippen molar-refractivity contribution in [3.8, 4) is 0 Å². The average molecular weight is 351 g/mol. The fourth-order valence-corrected chi connectivity index (χ4v) is 25.6. The maximum atomic E-state index is 11.9. The smallest absolute Gasteiger partial charge is 0.523 e. The number of unbranched alkanes of at least 4 members (excludes halogenated alkanes) is 1. The molecule has 0 aromatic rings. The van der Waals surface area contributed by atoms with Gasteiger partial charge < -0.3 is 26.7 Å². The van der Waals surface area contributed by atoms with Crippen molar-refractivity contribution in [3.05, 3.63) is 0 Å².